The zero-order chi connectivity index (χ0) is 24.6. The minimum absolute atomic E-state index is 0.0722. The van der Waals surface area contributed by atoms with Crippen molar-refractivity contribution < 1.29 is 22.7 Å². The summed E-state index contributed by atoms with van der Waals surface area (Å²) in [5, 5.41) is 3.52. The van der Waals surface area contributed by atoms with Crippen LogP contribution in [0, 0.1) is 0 Å². The summed E-state index contributed by atoms with van der Waals surface area (Å²) in [5.74, 6) is -0.222. The van der Waals surface area contributed by atoms with Crippen LogP contribution in [0.15, 0.2) is 67.0 Å². The largest absolute Gasteiger partial charge is 0.416 e. The molecule has 2 aromatic carbocycles. The van der Waals surface area contributed by atoms with Crippen LogP contribution in [0.2, 0.25) is 0 Å². The molecule has 0 spiro atoms. The SMILES string of the molecule is Nc1nccc2c1ccn2-c1cccc(NC(=O)c2cc(N3CCOCC3)cc(C(F)(F)F)c2)c1. The number of amides is 1. The first kappa shape index (κ1) is 22.7. The van der Waals surface area contributed by atoms with Crippen molar-refractivity contribution in [2.24, 2.45) is 0 Å². The van der Waals surface area contributed by atoms with E-state index in [-0.39, 0.29) is 5.56 Å². The normalized spacial score (nSPS) is 14.3. The number of ether oxygens (including phenoxy) is 1. The molecular weight excluding hydrogens is 459 g/mol. The maximum Gasteiger partial charge on any atom is 0.416 e. The molecule has 0 unspecified atom stereocenters. The minimum atomic E-state index is -4.58. The number of fused-ring (bicyclic) bond motifs is 1. The van der Waals surface area contributed by atoms with Crippen LogP contribution in [0.5, 0.6) is 0 Å². The van der Waals surface area contributed by atoms with Gasteiger partial charge in [-0.25, -0.2) is 4.98 Å². The topological polar surface area (TPSA) is 85.4 Å². The maximum absolute atomic E-state index is 13.6. The Balaban J connectivity index is 1.45. The molecule has 1 saturated heterocycles. The summed E-state index contributed by atoms with van der Waals surface area (Å²) in [7, 11) is 0. The van der Waals surface area contributed by atoms with Crippen molar-refractivity contribution in [2.45, 2.75) is 6.18 Å². The van der Waals surface area contributed by atoms with Crippen molar-refractivity contribution in [3.63, 3.8) is 0 Å². The van der Waals surface area contributed by atoms with E-state index in [9.17, 15) is 18.0 Å². The van der Waals surface area contributed by atoms with Crippen LogP contribution in [0.25, 0.3) is 16.6 Å². The Morgan fingerprint density at radius 3 is 2.60 bits per heavy atom. The Morgan fingerprint density at radius 2 is 1.83 bits per heavy atom. The fourth-order valence-corrected chi connectivity index (χ4v) is 4.16. The third-order valence-corrected chi connectivity index (χ3v) is 5.91. The number of nitrogens with one attached hydrogen (secondary N) is 1. The van der Waals surface area contributed by atoms with Crippen LogP contribution in [0.3, 0.4) is 0 Å². The zero-order valence-electron chi connectivity index (χ0n) is 18.5. The van der Waals surface area contributed by atoms with Gasteiger partial charge in [-0.1, -0.05) is 6.07 Å². The minimum Gasteiger partial charge on any atom is -0.383 e. The first-order valence-corrected chi connectivity index (χ1v) is 11.0. The van der Waals surface area contributed by atoms with Gasteiger partial charge in [-0.15, -0.1) is 0 Å². The van der Waals surface area contributed by atoms with E-state index in [1.165, 1.54) is 6.07 Å². The number of nitrogens with zero attached hydrogens (tertiary/aromatic N) is 3. The molecule has 2 aromatic heterocycles. The molecule has 4 aromatic rings. The molecular formula is C25H22F3N5O2. The van der Waals surface area contributed by atoms with Crippen LogP contribution >= 0.6 is 0 Å². The fourth-order valence-electron chi connectivity index (χ4n) is 4.16. The Morgan fingerprint density at radius 1 is 1.03 bits per heavy atom. The summed E-state index contributed by atoms with van der Waals surface area (Å²) in [5.41, 5.74) is 7.38. The molecule has 0 saturated carbocycles. The number of carbonyl (C=O) groups is 1. The highest BCUT2D eigenvalue weighted by Crippen LogP contribution is 2.34. The molecule has 0 radical (unpaired) electrons. The molecule has 10 heteroatoms. The van der Waals surface area contributed by atoms with Crippen molar-refractivity contribution in [3.8, 4) is 5.69 Å². The van der Waals surface area contributed by atoms with Crippen molar-refractivity contribution in [1.29, 1.82) is 0 Å². The number of nitrogen functional groups attached to an aromatic ring is 1. The van der Waals surface area contributed by atoms with E-state index in [4.69, 9.17) is 10.5 Å². The molecule has 0 atom stereocenters. The Kier molecular flexibility index (Phi) is 5.81. The van der Waals surface area contributed by atoms with Gasteiger partial charge in [-0.2, -0.15) is 13.2 Å². The van der Waals surface area contributed by atoms with Gasteiger partial charge in [0.15, 0.2) is 0 Å². The second-order valence-corrected chi connectivity index (χ2v) is 8.18. The molecule has 0 bridgehead atoms. The van der Waals surface area contributed by atoms with Crippen molar-refractivity contribution in [1.82, 2.24) is 9.55 Å². The predicted molar refractivity (Wildman–Crippen MR) is 128 cm³/mol. The first-order valence-electron chi connectivity index (χ1n) is 11.0. The summed E-state index contributed by atoms with van der Waals surface area (Å²) in [6, 6.07) is 14.1. The van der Waals surface area contributed by atoms with Gasteiger partial charge in [0.1, 0.15) is 5.82 Å². The lowest BCUT2D eigenvalue weighted by atomic mass is 10.1. The summed E-state index contributed by atoms with van der Waals surface area (Å²) < 4.78 is 47.9. The molecule has 180 valence electrons. The maximum atomic E-state index is 13.6. The number of pyridine rings is 1. The molecule has 7 nitrogen and oxygen atoms in total. The van der Waals surface area contributed by atoms with Gasteiger partial charge in [-0.3, -0.25) is 4.79 Å². The number of morpholine rings is 1. The van der Waals surface area contributed by atoms with E-state index in [1.807, 2.05) is 29.0 Å². The Labute approximate surface area is 198 Å². The zero-order valence-corrected chi connectivity index (χ0v) is 18.5. The lowest BCUT2D eigenvalue weighted by molar-refractivity contribution is -0.137. The molecule has 1 aliphatic rings. The van der Waals surface area contributed by atoms with Gasteiger partial charge in [0.2, 0.25) is 0 Å². The number of aromatic nitrogens is 2. The van der Waals surface area contributed by atoms with Gasteiger partial charge < -0.3 is 25.3 Å². The number of nitrogens with two attached hydrogens (primary N) is 1. The molecule has 1 fully saturated rings. The monoisotopic (exact) mass is 481 g/mol. The van der Waals surface area contributed by atoms with E-state index < -0.39 is 17.6 Å². The lowest BCUT2D eigenvalue weighted by Gasteiger charge is -2.29. The highest BCUT2D eigenvalue weighted by Gasteiger charge is 2.32. The highest BCUT2D eigenvalue weighted by molar-refractivity contribution is 6.05. The van der Waals surface area contributed by atoms with E-state index in [0.29, 0.717) is 43.5 Å². The molecule has 35 heavy (non-hydrogen) atoms. The van der Waals surface area contributed by atoms with E-state index in [2.05, 4.69) is 10.3 Å². The smallest absolute Gasteiger partial charge is 0.383 e. The standard InChI is InChI=1S/C25H22F3N5O2/c26-25(27,28)17-12-16(13-20(14-17)32-8-10-35-11-9-32)24(34)31-18-2-1-3-19(15-18)33-7-5-21-22(33)4-6-30-23(21)29/h1-7,12-15H,8-11H2,(H2,29,30)(H,31,34). The van der Waals surface area contributed by atoms with Crippen LogP contribution < -0.4 is 16.0 Å². The molecule has 3 N–H and O–H groups in total. The second-order valence-electron chi connectivity index (χ2n) is 8.18. The number of hydrogen-bond donors (Lipinski definition) is 2. The Bertz CT molecular complexity index is 1390. The fraction of sp³-hybridized carbons (Fsp3) is 0.200. The summed E-state index contributed by atoms with van der Waals surface area (Å²) in [4.78, 5) is 18.9. The van der Waals surface area contributed by atoms with Gasteiger partial charge in [0.05, 0.1) is 24.3 Å². The summed E-state index contributed by atoms with van der Waals surface area (Å²) in [6.45, 7) is 1.74. The van der Waals surface area contributed by atoms with E-state index in [0.717, 1.165) is 28.7 Å². The Hall–Kier alpha value is -4.05. The number of carbonyl (C=O) groups excluding carboxylic acids is 1. The van der Waals surface area contributed by atoms with Crippen LogP contribution in [-0.2, 0) is 10.9 Å². The molecule has 1 aliphatic heterocycles. The van der Waals surface area contributed by atoms with Crippen LogP contribution in [0.1, 0.15) is 15.9 Å². The van der Waals surface area contributed by atoms with Gasteiger partial charge in [-0.05, 0) is 48.5 Å². The average Bonchev–Trinajstić information content (AvgIpc) is 3.29. The predicted octanol–water partition coefficient (Wildman–Crippen LogP) is 4.72. The van der Waals surface area contributed by atoms with E-state index in [1.54, 1.807) is 29.3 Å². The van der Waals surface area contributed by atoms with Crippen molar-refractivity contribution in [3.05, 3.63) is 78.1 Å². The number of anilines is 3. The number of benzene rings is 2. The van der Waals surface area contributed by atoms with Gasteiger partial charge in [0, 0.05) is 53.5 Å². The van der Waals surface area contributed by atoms with E-state index >= 15 is 0 Å². The third-order valence-electron chi connectivity index (χ3n) is 5.91. The molecule has 5 rings (SSSR count). The average molecular weight is 481 g/mol. The highest BCUT2D eigenvalue weighted by atomic mass is 19.4. The lowest BCUT2D eigenvalue weighted by Crippen LogP contribution is -2.36. The molecule has 3 heterocycles. The second kappa shape index (κ2) is 8.95. The number of hydrogen-bond acceptors (Lipinski definition) is 5. The summed E-state index contributed by atoms with van der Waals surface area (Å²) >= 11 is 0. The van der Waals surface area contributed by atoms with Crippen LogP contribution in [-0.4, -0.2) is 41.8 Å². The molecule has 0 aliphatic carbocycles. The number of rotatable bonds is 4. The van der Waals surface area contributed by atoms with Crippen LogP contribution in [0.4, 0.5) is 30.4 Å². The summed E-state index contributed by atoms with van der Waals surface area (Å²) in [6.07, 6.45) is -1.13. The first-order chi connectivity index (χ1) is 16.8. The third kappa shape index (κ3) is 4.65. The van der Waals surface area contributed by atoms with Crippen molar-refractivity contribution in [2.75, 3.05) is 42.3 Å². The number of halogens is 3. The van der Waals surface area contributed by atoms with Gasteiger partial charge >= 0.3 is 6.18 Å². The number of alkyl halides is 3. The van der Waals surface area contributed by atoms with Gasteiger partial charge in [0.25, 0.3) is 5.91 Å². The quantitative estimate of drug-likeness (QED) is 0.441. The molecule has 1 amide bonds. The van der Waals surface area contributed by atoms with Crippen molar-refractivity contribution >= 4 is 34.0 Å².